The van der Waals surface area contributed by atoms with Crippen molar-refractivity contribution in [2.45, 2.75) is 27.7 Å². The molecule has 6 heterocycles. The van der Waals surface area contributed by atoms with E-state index in [1.54, 1.807) is 19.5 Å². The lowest BCUT2D eigenvalue weighted by Gasteiger charge is -2.15. The highest BCUT2D eigenvalue weighted by Crippen LogP contribution is 2.45. The lowest BCUT2D eigenvalue weighted by molar-refractivity contribution is 0.380. The molecule has 138 heavy (non-hydrogen) atoms. The third kappa shape index (κ3) is 17.8. The Morgan fingerprint density at radius 3 is 0.703 bits per heavy atom. The summed E-state index contributed by atoms with van der Waals surface area (Å²) in [6.45, 7) is 7.94. The van der Waals surface area contributed by atoms with Crippen LogP contribution in [-0.4, -0.2) is 81.9 Å². The lowest BCUT2D eigenvalue weighted by atomic mass is 9.91. The Morgan fingerprint density at radius 2 is 0.399 bits per heavy atom. The van der Waals surface area contributed by atoms with Gasteiger partial charge in [-0.05, 0) is 216 Å². The van der Waals surface area contributed by atoms with Crippen molar-refractivity contribution in [1.82, 2.24) is 74.8 Å². The van der Waals surface area contributed by atoms with Crippen molar-refractivity contribution < 1.29 is 4.74 Å². The Bertz CT molecular complexity index is 8170. The molecular weight excluding hydrogens is 1690 g/mol. The van der Waals surface area contributed by atoms with Crippen molar-refractivity contribution in [2.24, 2.45) is 0 Å². The van der Waals surface area contributed by atoms with E-state index >= 15 is 0 Å². The minimum absolute atomic E-state index is 0.318. The number of fused-ring (bicyclic) bond motifs is 9. The highest BCUT2D eigenvalue weighted by atomic mass is 16.5. The summed E-state index contributed by atoms with van der Waals surface area (Å²) in [6, 6.07) is 142. The van der Waals surface area contributed by atoms with E-state index in [1.165, 1.54) is 64.6 Å². The third-order valence-corrected chi connectivity index (χ3v) is 24.6. The number of hydrogen-bond donors (Lipinski definition) is 0. The van der Waals surface area contributed by atoms with Gasteiger partial charge < -0.3 is 4.74 Å². The zero-order valence-corrected chi connectivity index (χ0v) is 76.0. The van der Waals surface area contributed by atoms with Gasteiger partial charge in [-0.3, -0.25) is 0 Å². The Balaban J connectivity index is 0.000000119. The Hall–Kier alpha value is -18.4. The number of aromatic nitrogens is 15. The lowest BCUT2D eigenvalue weighted by Crippen LogP contribution is -2.01. The standard InChI is InChI=1S/2C41H29N5.C40H27N5O/c1-26-21-38(43-27(2)42-26)32-22-31(37-25-30-17-9-10-18-34(30)35-19-11-12-20-36(35)37)23-33(24-32)41-45-39(28-13-5-3-6-14-28)44-40(46-41)29-15-7-4-8-16-29;1-26-21-27(2)43-40(42-26)32-22-31(37-25-30-17-9-10-18-34(30)35-19-11-12-20-36(35)37)23-33(24-32)41-45-38(28-13-5-3-6-14-28)44-39(46-41)29-15-7-4-8-16-29;1-46-40-41-24-32(25-42-40)29-20-30(36-23-28-16-8-9-17-33(28)34-18-10-11-19-35(34)36)22-31(21-29)39-44-37(26-12-4-2-5-13-26)43-38(45-39)27-14-6-3-7-15-27/h2*3-25H,1-2H3;2-25H,1H3. The summed E-state index contributed by atoms with van der Waals surface area (Å²) in [5, 5.41) is 14.4. The van der Waals surface area contributed by atoms with E-state index in [2.05, 4.69) is 233 Å². The largest absolute Gasteiger partial charge is 0.467 e. The first-order chi connectivity index (χ1) is 67.9. The van der Waals surface area contributed by atoms with Crippen LogP contribution in [-0.2, 0) is 0 Å². The number of aryl methyl sites for hydroxylation is 4. The fourth-order valence-electron chi connectivity index (χ4n) is 18.2. The van der Waals surface area contributed by atoms with Crippen LogP contribution in [0, 0.1) is 27.7 Å². The maximum atomic E-state index is 5.24. The zero-order chi connectivity index (χ0) is 92.9. The third-order valence-electron chi connectivity index (χ3n) is 24.6. The van der Waals surface area contributed by atoms with Crippen LogP contribution < -0.4 is 4.74 Å². The predicted octanol–water partition coefficient (Wildman–Crippen LogP) is 29.2. The van der Waals surface area contributed by atoms with Crippen molar-refractivity contribution in [3.05, 3.63) is 448 Å². The number of benzene rings is 18. The molecule has 16 heteroatoms. The molecule has 0 fully saturated rings. The van der Waals surface area contributed by atoms with Crippen LogP contribution in [0.2, 0.25) is 0 Å². The second-order valence-corrected chi connectivity index (χ2v) is 34.0. The molecule has 24 rings (SSSR count). The fraction of sp³-hybridized carbons (Fsp3) is 0.0410. The molecule has 0 atom stereocenters. The predicted molar refractivity (Wildman–Crippen MR) is 558 cm³/mol. The summed E-state index contributed by atoms with van der Waals surface area (Å²) in [5.74, 6) is 6.89. The summed E-state index contributed by atoms with van der Waals surface area (Å²) in [4.78, 5) is 72.9. The van der Waals surface area contributed by atoms with Gasteiger partial charge in [-0.2, -0.15) is 0 Å². The van der Waals surface area contributed by atoms with E-state index in [0.29, 0.717) is 64.3 Å². The maximum absolute atomic E-state index is 5.24. The van der Waals surface area contributed by atoms with Crippen molar-refractivity contribution in [2.75, 3.05) is 7.11 Å². The summed E-state index contributed by atoms with van der Waals surface area (Å²) in [5.41, 5.74) is 22.0. The summed E-state index contributed by atoms with van der Waals surface area (Å²) < 4.78 is 5.24. The van der Waals surface area contributed by atoms with Gasteiger partial charge in [0.25, 0.3) is 0 Å². The molecular formula is C122H85N15O. The second kappa shape index (κ2) is 37.7. The van der Waals surface area contributed by atoms with E-state index < -0.39 is 0 Å². The molecule has 0 bridgehead atoms. The van der Waals surface area contributed by atoms with Gasteiger partial charge in [0.2, 0.25) is 0 Å². The first kappa shape index (κ1) is 85.1. The smallest absolute Gasteiger partial charge is 0.316 e. The molecule has 0 saturated carbocycles. The van der Waals surface area contributed by atoms with Crippen molar-refractivity contribution >= 4 is 64.6 Å². The van der Waals surface area contributed by atoms with Crippen LogP contribution in [0.5, 0.6) is 6.01 Å². The molecule has 0 amide bonds. The molecule has 0 aliphatic carbocycles. The van der Waals surface area contributed by atoms with Gasteiger partial charge in [-0.25, -0.2) is 74.8 Å². The van der Waals surface area contributed by atoms with Crippen molar-refractivity contribution in [3.8, 4) is 176 Å². The summed E-state index contributed by atoms with van der Waals surface area (Å²) >= 11 is 0. The molecule has 16 nitrogen and oxygen atoms in total. The topological polar surface area (TPSA) is 203 Å². The number of methoxy groups -OCH3 is 1. The van der Waals surface area contributed by atoms with Gasteiger partial charge in [-0.1, -0.05) is 328 Å². The molecule has 654 valence electrons. The van der Waals surface area contributed by atoms with E-state index in [-0.39, 0.29) is 0 Å². The molecule has 0 spiro atoms. The number of ether oxygens (including phenoxy) is 1. The monoisotopic (exact) mass is 1780 g/mol. The molecule has 0 aliphatic rings. The van der Waals surface area contributed by atoms with Crippen molar-refractivity contribution in [1.29, 1.82) is 0 Å². The van der Waals surface area contributed by atoms with Gasteiger partial charge >= 0.3 is 6.01 Å². The Morgan fingerprint density at radius 1 is 0.167 bits per heavy atom. The summed E-state index contributed by atoms with van der Waals surface area (Å²) in [7, 11) is 1.56. The minimum atomic E-state index is 0.318. The van der Waals surface area contributed by atoms with E-state index in [1.807, 2.05) is 222 Å². The van der Waals surface area contributed by atoms with Crippen LogP contribution in [0.3, 0.4) is 0 Å². The van der Waals surface area contributed by atoms with Gasteiger partial charge in [0, 0.05) is 96.2 Å². The molecule has 0 unspecified atom stereocenters. The van der Waals surface area contributed by atoms with Crippen LogP contribution in [0.1, 0.15) is 22.9 Å². The van der Waals surface area contributed by atoms with E-state index in [9.17, 15) is 0 Å². The number of nitrogens with zero attached hydrogens (tertiary/aromatic N) is 15. The quantitative estimate of drug-likeness (QED) is 0.0826. The Labute approximate surface area is 797 Å². The van der Waals surface area contributed by atoms with Crippen molar-refractivity contribution in [3.63, 3.8) is 0 Å². The maximum Gasteiger partial charge on any atom is 0.316 e. The summed E-state index contributed by atoms with van der Waals surface area (Å²) in [6.07, 6.45) is 3.57. The van der Waals surface area contributed by atoms with Gasteiger partial charge in [0.05, 0.1) is 12.8 Å². The SMILES string of the molecule is COc1ncc(-c2cc(-c3nc(-c4ccccc4)nc(-c4ccccc4)n3)cc(-c3cc4ccccc4c4ccccc34)c2)cn1.Cc1cc(-c2cc(-c3nc(-c4ccccc4)nc(-c4ccccc4)n3)cc(-c3cc4ccccc4c4ccccc34)c2)nc(C)n1.Cc1cc(C)nc(-c2cc(-c3nc(-c4ccccc4)nc(-c4ccccc4)n3)cc(-c3cc4ccccc4c4ccccc34)c2)n1. The van der Waals surface area contributed by atoms with Gasteiger partial charge in [-0.15, -0.1) is 0 Å². The average molecular weight is 1780 g/mol. The van der Waals surface area contributed by atoms with Gasteiger partial charge in [0.1, 0.15) is 5.82 Å². The minimum Gasteiger partial charge on any atom is -0.467 e. The first-order valence-electron chi connectivity index (χ1n) is 45.7. The number of rotatable bonds is 16. The molecule has 0 N–H and O–H groups in total. The number of hydrogen-bond acceptors (Lipinski definition) is 16. The van der Waals surface area contributed by atoms with Crippen LogP contribution in [0.15, 0.2) is 425 Å². The molecule has 18 aromatic carbocycles. The highest BCUT2D eigenvalue weighted by molar-refractivity contribution is 6.17. The Kier molecular flexibility index (Phi) is 23.2. The van der Waals surface area contributed by atoms with E-state index in [0.717, 1.165) is 134 Å². The van der Waals surface area contributed by atoms with Gasteiger partial charge in [0.15, 0.2) is 58.2 Å². The normalized spacial score (nSPS) is 11.2. The molecule has 0 saturated heterocycles. The highest BCUT2D eigenvalue weighted by Gasteiger charge is 2.24. The van der Waals surface area contributed by atoms with Crippen LogP contribution in [0.25, 0.3) is 234 Å². The molecule has 0 radical (unpaired) electrons. The van der Waals surface area contributed by atoms with Crippen LogP contribution in [0.4, 0.5) is 0 Å². The zero-order valence-electron chi connectivity index (χ0n) is 76.0. The average Bonchev–Trinajstić information content (AvgIpc) is 0.759. The fourth-order valence-corrected chi connectivity index (χ4v) is 18.2. The molecule has 6 aromatic heterocycles. The second-order valence-electron chi connectivity index (χ2n) is 34.0. The van der Waals surface area contributed by atoms with E-state index in [4.69, 9.17) is 64.5 Å². The molecule has 24 aromatic rings. The van der Waals surface area contributed by atoms with Crippen LogP contribution >= 0.6 is 0 Å². The first-order valence-corrected chi connectivity index (χ1v) is 45.7. The molecule has 0 aliphatic heterocycles.